The van der Waals surface area contributed by atoms with Crippen LogP contribution < -0.4 is 5.73 Å². The zero-order valence-electron chi connectivity index (χ0n) is 12.7. The van der Waals surface area contributed by atoms with Crippen LogP contribution in [0.2, 0.25) is 0 Å². The lowest BCUT2D eigenvalue weighted by Gasteiger charge is -2.30. The van der Waals surface area contributed by atoms with Gasteiger partial charge >= 0.3 is 0 Å². The number of ketones is 1. The van der Waals surface area contributed by atoms with Gasteiger partial charge in [0.05, 0.1) is 0 Å². The minimum Gasteiger partial charge on any atom is -0.330 e. The molecule has 0 heterocycles. The molecule has 2 N–H and O–H groups in total. The lowest BCUT2D eigenvalue weighted by atomic mass is 9.75. The van der Waals surface area contributed by atoms with Gasteiger partial charge in [0.15, 0.2) is 5.78 Å². The van der Waals surface area contributed by atoms with Gasteiger partial charge < -0.3 is 5.73 Å². The molecule has 0 radical (unpaired) electrons. The van der Waals surface area contributed by atoms with Crippen LogP contribution in [-0.2, 0) is 0 Å². The third-order valence-electron chi connectivity index (χ3n) is 3.80. The van der Waals surface area contributed by atoms with Gasteiger partial charge in [0.25, 0.3) is 0 Å². The van der Waals surface area contributed by atoms with E-state index in [2.05, 4.69) is 20.8 Å². The van der Waals surface area contributed by atoms with Crippen molar-refractivity contribution in [2.45, 2.75) is 47.0 Å². The van der Waals surface area contributed by atoms with Gasteiger partial charge in [-0.2, -0.15) is 0 Å². The lowest BCUT2D eigenvalue weighted by molar-refractivity contribution is 0.0957. The number of carbonyl (C=O) groups is 1. The second-order valence-electron chi connectivity index (χ2n) is 6.47. The number of nitrogens with two attached hydrogens (primary N) is 1. The summed E-state index contributed by atoms with van der Waals surface area (Å²) in [5, 5.41) is 0. The van der Waals surface area contributed by atoms with Crippen LogP contribution in [0.3, 0.4) is 0 Å². The summed E-state index contributed by atoms with van der Waals surface area (Å²) in [6, 6.07) is 7.84. The molecule has 2 nitrogen and oxygen atoms in total. The van der Waals surface area contributed by atoms with Crippen LogP contribution >= 0.6 is 0 Å². The number of hydrogen-bond donors (Lipinski definition) is 1. The van der Waals surface area contributed by atoms with Gasteiger partial charge in [-0.15, -0.1) is 0 Å². The van der Waals surface area contributed by atoms with Crippen molar-refractivity contribution in [3.8, 4) is 0 Å². The summed E-state index contributed by atoms with van der Waals surface area (Å²) >= 11 is 0. The van der Waals surface area contributed by atoms with E-state index in [1.807, 2.05) is 31.2 Å². The minimum absolute atomic E-state index is 0.215. The predicted octanol–water partition coefficient (Wildman–Crippen LogP) is 3.97. The van der Waals surface area contributed by atoms with Crippen LogP contribution in [0.5, 0.6) is 0 Å². The largest absolute Gasteiger partial charge is 0.330 e. The van der Waals surface area contributed by atoms with Crippen molar-refractivity contribution < 1.29 is 4.79 Å². The van der Waals surface area contributed by atoms with E-state index in [4.69, 9.17) is 5.73 Å². The summed E-state index contributed by atoms with van der Waals surface area (Å²) in [5.74, 6) is 0.751. The maximum atomic E-state index is 12.2. The Kier molecular flexibility index (Phi) is 5.74. The molecule has 19 heavy (non-hydrogen) atoms. The van der Waals surface area contributed by atoms with Crippen molar-refractivity contribution in [3.63, 3.8) is 0 Å². The van der Waals surface area contributed by atoms with E-state index in [1.165, 1.54) is 0 Å². The van der Waals surface area contributed by atoms with Gasteiger partial charge in [0, 0.05) is 12.0 Å². The quantitative estimate of drug-likeness (QED) is 0.787. The summed E-state index contributed by atoms with van der Waals surface area (Å²) < 4.78 is 0. The van der Waals surface area contributed by atoms with Gasteiger partial charge in [-0.3, -0.25) is 4.79 Å². The van der Waals surface area contributed by atoms with E-state index in [-0.39, 0.29) is 11.2 Å². The number of Topliss-reactive ketones (excluding diaryl/α,β-unsaturated/α-hetero) is 1. The maximum absolute atomic E-state index is 12.2. The van der Waals surface area contributed by atoms with Crippen LogP contribution in [0, 0.1) is 18.3 Å². The second kappa shape index (κ2) is 6.85. The summed E-state index contributed by atoms with van der Waals surface area (Å²) in [5.41, 5.74) is 7.87. The monoisotopic (exact) mass is 261 g/mol. The highest BCUT2D eigenvalue weighted by molar-refractivity contribution is 5.96. The molecular weight excluding hydrogens is 234 g/mol. The van der Waals surface area contributed by atoms with Crippen LogP contribution in [0.1, 0.15) is 56.0 Å². The van der Waals surface area contributed by atoms with Crippen molar-refractivity contribution in [3.05, 3.63) is 35.4 Å². The Balaban J connectivity index is 2.62. The van der Waals surface area contributed by atoms with Crippen LogP contribution in [0.15, 0.2) is 24.3 Å². The molecule has 106 valence electrons. The molecule has 0 saturated heterocycles. The topological polar surface area (TPSA) is 43.1 Å². The summed E-state index contributed by atoms with van der Waals surface area (Å²) in [6.45, 7) is 9.39. The van der Waals surface area contributed by atoms with Crippen molar-refractivity contribution in [2.24, 2.45) is 17.1 Å². The molecule has 0 aliphatic heterocycles. The third-order valence-corrected chi connectivity index (χ3v) is 3.80. The van der Waals surface area contributed by atoms with Crippen LogP contribution in [0.25, 0.3) is 0 Å². The fourth-order valence-corrected chi connectivity index (χ4v) is 2.48. The van der Waals surface area contributed by atoms with E-state index < -0.39 is 0 Å². The van der Waals surface area contributed by atoms with Crippen molar-refractivity contribution >= 4 is 5.78 Å². The second-order valence-corrected chi connectivity index (χ2v) is 6.47. The van der Waals surface area contributed by atoms with Gasteiger partial charge in [-0.25, -0.2) is 0 Å². The first-order valence-electron chi connectivity index (χ1n) is 7.14. The first-order chi connectivity index (χ1) is 8.84. The minimum atomic E-state index is 0.215. The van der Waals surface area contributed by atoms with E-state index >= 15 is 0 Å². The van der Waals surface area contributed by atoms with Gasteiger partial charge in [0.1, 0.15) is 0 Å². The highest BCUT2D eigenvalue weighted by atomic mass is 16.1. The molecule has 0 aliphatic carbocycles. The van der Waals surface area contributed by atoms with Gasteiger partial charge in [-0.1, -0.05) is 44.5 Å². The fraction of sp³-hybridized carbons (Fsp3) is 0.588. The molecule has 2 heteroatoms. The highest BCUT2D eigenvalue weighted by Gasteiger charge is 2.24. The molecular formula is C17H27NO. The Labute approximate surface area is 117 Å². The molecule has 0 aromatic heterocycles. The molecule has 0 spiro atoms. The van der Waals surface area contributed by atoms with Crippen LogP contribution in [-0.4, -0.2) is 12.3 Å². The zero-order chi connectivity index (χ0) is 14.5. The maximum Gasteiger partial charge on any atom is 0.162 e. The summed E-state index contributed by atoms with van der Waals surface area (Å²) in [6.07, 6.45) is 2.53. The zero-order valence-corrected chi connectivity index (χ0v) is 12.7. The summed E-state index contributed by atoms with van der Waals surface area (Å²) in [4.78, 5) is 12.2. The Morgan fingerprint density at radius 1 is 1.26 bits per heavy atom. The van der Waals surface area contributed by atoms with Gasteiger partial charge in [-0.05, 0) is 43.7 Å². The molecule has 1 rings (SSSR count). The van der Waals surface area contributed by atoms with Crippen molar-refractivity contribution in [1.82, 2.24) is 0 Å². The van der Waals surface area contributed by atoms with E-state index in [0.29, 0.717) is 18.9 Å². The Morgan fingerprint density at radius 2 is 1.95 bits per heavy atom. The molecule has 0 fully saturated rings. The lowest BCUT2D eigenvalue weighted by Crippen LogP contribution is -2.24. The third kappa shape index (κ3) is 5.15. The number of benzene rings is 1. The van der Waals surface area contributed by atoms with E-state index in [0.717, 1.165) is 24.0 Å². The molecule has 1 aromatic carbocycles. The molecule has 0 aliphatic rings. The van der Waals surface area contributed by atoms with E-state index in [1.54, 1.807) is 0 Å². The highest BCUT2D eigenvalue weighted by Crippen LogP contribution is 2.32. The van der Waals surface area contributed by atoms with Crippen molar-refractivity contribution in [2.75, 3.05) is 6.54 Å². The normalized spacial score (nSPS) is 13.3. The number of rotatable bonds is 6. The summed E-state index contributed by atoms with van der Waals surface area (Å²) in [7, 11) is 0. The molecule has 0 bridgehead atoms. The average molecular weight is 261 g/mol. The number of aryl methyl sites for hydroxylation is 1. The fourth-order valence-electron chi connectivity index (χ4n) is 2.48. The van der Waals surface area contributed by atoms with Crippen LogP contribution in [0.4, 0.5) is 0 Å². The first kappa shape index (κ1) is 15.9. The first-order valence-corrected chi connectivity index (χ1v) is 7.14. The number of carbonyl (C=O) groups excluding carboxylic acids is 1. The van der Waals surface area contributed by atoms with Crippen molar-refractivity contribution in [1.29, 1.82) is 0 Å². The molecule has 1 unspecified atom stereocenters. The Hall–Kier alpha value is -1.15. The predicted molar refractivity (Wildman–Crippen MR) is 81.4 cm³/mol. The Bertz CT molecular complexity index is 418. The molecule has 1 atom stereocenters. The molecule has 0 amide bonds. The standard InChI is InChI=1S/C17H27NO/c1-13-6-5-7-14(12-13)16(19)9-8-15(10-11-18)17(2,3)4/h5-7,12,15H,8-11,18H2,1-4H3. The number of hydrogen-bond acceptors (Lipinski definition) is 2. The molecule has 0 saturated carbocycles. The average Bonchev–Trinajstić information content (AvgIpc) is 2.32. The SMILES string of the molecule is Cc1cccc(C(=O)CCC(CCN)C(C)(C)C)c1. The van der Waals surface area contributed by atoms with Gasteiger partial charge in [0.2, 0.25) is 0 Å². The van der Waals surface area contributed by atoms with E-state index in [9.17, 15) is 4.79 Å². The molecule has 1 aromatic rings. The smallest absolute Gasteiger partial charge is 0.162 e. The Morgan fingerprint density at radius 3 is 2.47 bits per heavy atom.